The number of thiophene rings is 1. The topological polar surface area (TPSA) is 20.2 Å². The Morgan fingerprint density at radius 2 is 1.89 bits per heavy atom. The highest BCUT2D eigenvalue weighted by molar-refractivity contribution is 9.12. The Bertz CT molecular complexity index is 571. The molecule has 0 radical (unpaired) electrons. The van der Waals surface area contributed by atoms with Crippen LogP contribution in [0.3, 0.4) is 0 Å². The summed E-state index contributed by atoms with van der Waals surface area (Å²) in [6.07, 6.45) is -0.523. The second kappa shape index (κ2) is 5.77. The molecule has 0 aliphatic rings. The summed E-state index contributed by atoms with van der Waals surface area (Å²) in [6.45, 7) is 0. The van der Waals surface area contributed by atoms with Crippen LogP contribution in [0.15, 0.2) is 31.8 Å². The van der Waals surface area contributed by atoms with Gasteiger partial charge in [0.15, 0.2) is 11.6 Å². The van der Waals surface area contributed by atoms with Gasteiger partial charge in [-0.15, -0.1) is 11.3 Å². The second-order valence-corrected chi connectivity index (χ2v) is 7.50. The van der Waals surface area contributed by atoms with Gasteiger partial charge in [0, 0.05) is 12.0 Å². The zero-order valence-electron chi connectivity index (χ0n) is 8.96. The number of hydrogen-bond acceptors (Lipinski definition) is 2. The fraction of sp³-hybridized carbons (Fsp3) is 0.167. The summed E-state index contributed by atoms with van der Waals surface area (Å²) in [5.74, 6) is -1.78. The monoisotopic (exact) mass is 396 g/mol. The van der Waals surface area contributed by atoms with E-state index < -0.39 is 17.7 Å². The molecule has 1 nitrogen and oxygen atoms in total. The molecule has 0 spiro atoms. The fourth-order valence-electron chi connectivity index (χ4n) is 1.58. The third-order valence-electron chi connectivity index (χ3n) is 2.46. The molecule has 1 heterocycles. The fourth-order valence-corrected chi connectivity index (χ4v) is 4.54. The predicted molar refractivity (Wildman–Crippen MR) is 74.7 cm³/mol. The van der Waals surface area contributed by atoms with Crippen LogP contribution < -0.4 is 0 Å². The van der Waals surface area contributed by atoms with Crippen molar-refractivity contribution in [3.8, 4) is 0 Å². The van der Waals surface area contributed by atoms with Crippen LogP contribution in [0.5, 0.6) is 0 Å². The molecule has 1 aromatic carbocycles. The first-order chi connectivity index (χ1) is 8.47. The van der Waals surface area contributed by atoms with E-state index in [4.69, 9.17) is 0 Å². The zero-order chi connectivity index (χ0) is 13.3. The highest BCUT2D eigenvalue weighted by Crippen LogP contribution is 2.36. The predicted octanol–water partition coefficient (Wildman–Crippen LogP) is 4.83. The average Bonchev–Trinajstić information content (AvgIpc) is 2.63. The first-order valence-electron chi connectivity index (χ1n) is 5.04. The number of rotatable bonds is 3. The van der Waals surface area contributed by atoms with Crippen LogP contribution in [0.2, 0.25) is 0 Å². The maximum atomic E-state index is 13.0. The van der Waals surface area contributed by atoms with Crippen molar-refractivity contribution in [1.29, 1.82) is 0 Å². The minimum atomic E-state index is -0.898. The van der Waals surface area contributed by atoms with Crippen molar-refractivity contribution >= 4 is 43.2 Å². The lowest BCUT2D eigenvalue weighted by molar-refractivity contribution is 0.178. The van der Waals surface area contributed by atoms with Crippen molar-refractivity contribution in [1.82, 2.24) is 0 Å². The first-order valence-corrected chi connectivity index (χ1v) is 7.44. The Kier molecular flexibility index (Phi) is 4.53. The lowest BCUT2D eigenvalue weighted by atomic mass is 10.0. The number of benzene rings is 1. The molecule has 1 N–H and O–H groups in total. The summed E-state index contributed by atoms with van der Waals surface area (Å²) in [5.41, 5.74) is 1.28. The molecular formula is C12H8Br2F2OS. The number of hydrogen-bond donors (Lipinski definition) is 1. The Hall–Kier alpha value is -0.300. The molecule has 96 valence electrons. The van der Waals surface area contributed by atoms with E-state index in [0.717, 1.165) is 25.3 Å². The lowest BCUT2D eigenvalue weighted by Crippen LogP contribution is -2.02. The van der Waals surface area contributed by atoms with E-state index in [-0.39, 0.29) is 6.42 Å². The van der Waals surface area contributed by atoms with Gasteiger partial charge in [-0.1, -0.05) is 6.07 Å². The van der Waals surface area contributed by atoms with Crippen molar-refractivity contribution < 1.29 is 13.9 Å². The van der Waals surface area contributed by atoms with Gasteiger partial charge in [0.25, 0.3) is 0 Å². The van der Waals surface area contributed by atoms with Gasteiger partial charge in [0.2, 0.25) is 0 Å². The number of halogens is 4. The largest absolute Gasteiger partial charge is 0.388 e. The minimum Gasteiger partial charge on any atom is -0.388 e. The highest BCUT2D eigenvalue weighted by atomic mass is 79.9. The summed E-state index contributed by atoms with van der Waals surface area (Å²) >= 11 is 8.13. The van der Waals surface area contributed by atoms with Crippen LogP contribution in [-0.2, 0) is 6.42 Å². The van der Waals surface area contributed by atoms with Gasteiger partial charge in [0.05, 0.1) is 13.7 Å². The van der Waals surface area contributed by atoms with Crippen LogP contribution in [0, 0.1) is 11.6 Å². The molecule has 1 aromatic heterocycles. The number of aliphatic hydroxyl groups excluding tert-OH is 1. The molecule has 0 aliphatic heterocycles. The molecule has 0 fully saturated rings. The van der Waals surface area contributed by atoms with Crippen molar-refractivity contribution in [2.75, 3.05) is 0 Å². The molecule has 2 rings (SSSR count). The molecule has 2 aromatic rings. The maximum Gasteiger partial charge on any atom is 0.159 e. The van der Waals surface area contributed by atoms with Gasteiger partial charge in [-0.2, -0.15) is 0 Å². The third-order valence-corrected chi connectivity index (χ3v) is 4.84. The summed E-state index contributed by atoms with van der Waals surface area (Å²) in [6, 6.07) is 5.44. The molecule has 0 saturated carbocycles. The van der Waals surface area contributed by atoms with Crippen LogP contribution in [0.25, 0.3) is 0 Å². The number of aliphatic hydroxyl groups is 1. The van der Waals surface area contributed by atoms with Gasteiger partial charge >= 0.3 is 0 Å². The van der Waals surface area contributed by atoms with Crippen molar-refractivity contribution in [2.45, 2.75) is 12.5 Å². The summed E-state index contributed by atoms with van der Waals surface area (Å²) in [7, 11) is 0. The highest BCUT2D eigenvalue weighted by Gasteiger charge is 2.16. The molecule has 0 bridgehead atoms. The van der Waals surface area contributed by atoms with Crippen molar-refractivity contribution in [3.05, 3.63) is 54.6 Å². The molecule has 18 heavy (non-hydrogen) atoms. The van der Waals surface area contributed by atoms with E-state index in [0.29, 0.717) is 5.56 Å². The van der Waals surface area contributed by atoms with Crippen LogP contribution in [-0.4, -0.2) is 5.11 Å². The SMILES string of the molecule is OC(Cc1ccc(F)c(F)c1)c1cc(Br)sc1Br. The first kappa shape index (κ1) is 14.1. The Labute approximate surface area is 124 Å². The van der Waals surface area contributed by atoms with E-state index in [1.165, 1.54) is 17.4 Å². The smallest absolute Gasteiger partial charge is 0.159 e. The summed E-state index contributed by atoms with van der Waals surface area (Å²) < 4.78 is 27.5. The summed E-state index contributed by atoms with van der Waals surface area (Å²) in [4.78, 5) is 0. The Morgan fingerprint density at radius 1 is 1.17 bits per heavy atom. The average molecular weight is 398 g/mol. The summed E-state index contributed by atoms with van der Waals surface area (Å²) in [5, 5.41) is 10.1. The van der Waals surface area contributed by atoms with Gasteiger partial charge in [-0.05, 0) is 55.6 Å². The van der Waals surface area contributed by atoms with E-state index in [9.17, 15) is 13.9 Å². The van der Waals surface area contributed by atoms with E-state index >= 15 is 0 Å². The maximum absolute atomic E-state index is 13.0. The molecule has 0 saturated heterocycles. The van der Waals surface area contributed by atoms with Crippen molar-refractivity contribution in [3.63, 3.8) is 0 Å². The van der Waals surface area contributed by atoms with Crippen LogP contribution in [0.1, 0.15) is 17.2 Å². The van der Waals surface area contributed by atoms with Crippen molar-refractivity contribution in [2.24, 2.45) is 0 Å². The van der Waals surface area contributed by atoms with Gasteiger partial charge < -0.3 is 5.11 Å². The standard InChI is InChI=1S/C12H8Br2F2OS/c13-11-5-7(12(14)18-11)10(17)4-6-1-2-8(15)9(16)3-6/h1-3,5,10,17H,4H2. The quantitative estimate of drug-likeness (QED) is 0.786. The zero-order valence-corrected chi connectivity index (χ0v) is 12.9. The molecule has 6 heteroatoms. The van der Waals surface area contributed by atoms with Crippen LogP contribution in [0.4, 0.5) is 8.78 Å². The van der Waals surface area contributed by atoms with Gasteiger partial charge in [-0.3, -0.25) is 0 Å². The van der Waals surface area contributed by atoms with Crippen LogP contribution >= 0.6 is 43.2 Å². The Balaban J connectivity index is 2.18. The van der Waals surface area contributed by atoms with E-state index in [1.54, 1.807) is 6.07 Å². The molecule has 1 atom stereocenters. The molecular weight excluding hydrogens is 390 g/mol. The minimum absolute atomic E-state index is 0.235. The molecule has 0 amide bonds. The van der Waals surface area contributed by atoms with E-state index in [1.807, 2.05) is 0 Å². The lowest BCUT2D eigenvalue weighted by Gasteiger charge is -2.10. The van der Waals surface area contributed by atoms with Gasteiger partial charge in [0.1, 0.15) is 0 Å². The van der Waals surface area contributed by atoms with E-state index in [2.05, 4.69) is 31.9 Å². The van der Waals surface area contributed by atoms with Gasteiger partial charge in [-0.25, -0.2) is 8.78 Å². The molecule has 0 aliphatic carbocycles. The molecule has 1 unspecified atom stereocenters. The Morgan fingerprint density at radius 3 is 2.44 bits per heavy atom. The third kappa shape index (κ3) is 3.17. The normalized spacial score (nSPS) is 12.7. The second-order valence-electron chi connectivity index (χ2n) is 3.75.